The predicted octanol–water partition coefficient (Wildman–Crippen LogP) is 0.299. The van der Waals surface area contributed by atoms with Crippen LogP contribution in [0.1, 0.15) is 50.9 Å². The lowest BCUT2D eigenvalue weighted by molar-refractivity contribution is -0.271. The van der Waals surface area contributed by atoms with E-state index in [1.54, 1.807) is 13.0 Å². The molecular formula is C23H28O12. The number of carbonyl (C=O) groups excluding carboxylic acids is 1. The first kappa shape index (κ1) is 22.3. The van der Waals surface area contributed by atoms with E-state index in [4.69, 9.17) is 28.2 Å². The molecule has 1 aromatic rings. The number of carbonyl (C=O) groups is 3. The van der Waals surface area contributed by atoms with Crippen molar-refractivity contribution in [2.45, 2.75) is 70.4 Å². The normalized spacial score (nSPS) is 27.8. The molecule has 0 aliphatic carbocycles. The van der Waals surface area contributed by atoms with Crippen molar-refractivity contribution >= 4 is 17.9 Å². The first-order valence-corrected chi connectivity index (χ1v) is 10.6. The number of aliphatic hydroxyl groups excluding tert-OH is 3. The van der Waals surface area contributed by atoms with Gasteiger partial charge in [-0.1, -0.05) is 11.6 Å². The summed E-state index contributed by atoms with van der Waals surface area (Å²) < 4.78 is 44.1. The average molecular weight is 500 g/mol. The second-order valence-electron chi connectivity index (χ2n) is 8.29. The van der Waals surface area contributed by atoms with Gasteiger partial charge in [0.25, 0.3) is 0 Å². The molecule has 0 spiro atoms. The first-order valence-electron chi connectivity index (χ1n) is 12.1. The molecule has 2 aliphatic heterocycles. The maximum Gasteiger partial charge on any atom is 0.342 e. The molecule has 0 bridgehead atoms. The number of ether oxygens (including phenoxy) is 4. The van der Waals surface area contributed by atoms with E-state index in [-0.39, 0.29) is 59.6 Å². The maximum absolute atomic E-state index is 12.7. The van der Waals surface area contributed by atoms with Crippen LogP contribution in [0.4, 0.5) is 0 Å². The van der Waals surface area contributed by atoms with E-state index in [0.717, 1.165) is 0 Å². The Hall–Kier alpha value is -3.19. The van der Waals surface area contributed by atoms with Crippen LogP contribution in [0.15, 0.2) is 11.6 Å². The predicted molar refractivity (Wildman–Crippen MR) is 116 cm³/mol. The molecule has 35 heavy (non-hydrogen) atoms. The van der Waals surface area contributed by atoms with Crippen LogP contribution in [0.5, 0.6) is 11.5 Å². The molecule has 0 saturated carbocycles. The summed E-state index contributed by atoms with van der Waals surface area (Å²) in [6, 6.07) is 0. The molecule has 0 amide bonds. The highest BCUT2D eigenvalue weighted by Gasteiger charge is 2.49. The number of hydrogen-bond donors (Lipinski definition) is 5. The Bertz CT molecular complexity index is 1150. The van der Waals surface area contributed by atoms with Crippen molar-refractivity contribution in [2.24, 2.45) is 0 Å². The number of aliphatic carboxylic acids is 2. The van der Waals surface area contributed by atoms with E-state index in [2.05, 4.69) is 0 Å². The summed E-state index contributed by atoms with van der Waals surface area (Å²) in [5.41, 5.74) is 0.937. The molecule has 0 radical (unpaired) electrons. The lowest BCUT2D eigenvalue weighted by Crippen LogP contribution is -2.61. The van der Waals surface area contributed by atoms with Crippen molar-refractivity contribution < 1.29 is 63.0 Å². The van der Waals surface area contributed by atoms with Gasteiger partial charge in [-0.3, -0.25) is 4.79 Å². The Morgan fingerprint density at radius 2 is 1.86 bits per heavy atom. The Kier molecular flexibility index (Phi) is 6.75. The van der Waals surface area contributed by atoms with Crippen LogP contribution >= 0.6 is 0 Å². The van der Waals surface area contributed by atoms with Gasteiger partial charge in [0, 0.05) is 17.5 Å². The fourth-order valence-corrected chi connectivity index (χ4v) is 3.95. The van der Waals surface area contributed by atoms with E-state index in [0.29, 0.717) is 5.57 Å². The molecule has 0 aromatic heterocycles. The molecule has 1 saturated heterocycles. The van der Waals surface area contributed by atoms with Gasteiger partial charge in [0.15, 0.2) is 6.10 Å². The lowest BCUT2D eigenvalue weighted by Gasteiger charge is -2.39. The first-order chi connectivity index (χ1) is 17.6. The van der Waals surface area contributed by atoms with Gasteiger partial charge < -0.3 is 44.5 Å². The van der Waals surface area contributed by atoms with Crippen LogP contribution in [-0.4, -0.2) is 81.2 Å². The second kappa shape index (κ2) is 10.6. The highest BCUT2D eigenvalue weighted by Crippen LogP contribution is 2.44. The smallest absolute Gasteiger partial charge is 0.342 e. The summed E-state index contributed by atoms with van der Waals surface area (Å²) in [4.78, 5) is 35.1. The molecule has 2 heterocycles. The van der Waals surface area contributed by atoms with Crippen LogP contribution in [0.25, 0.3) is 0 Å². The van der Waals surface area contributed by atoms with Crippen molar-refractivity contribution in [1.29, 1.82) is 0 Å². The standard InChI is InChI=1S/C23H28O12/c1-9(5-7-13(24)25)4-6-11-18(32-3)10(2)12-8-33-22(31)14(12)19(11)34-23-17(28)15(26)16(27)20(35-23)21(29)30/h4,15-17,20,23,26-28H,5-8H2,1-3H3,(H,24,25)(H,29,30)/b9-4+/t15-,16-,17+,20-,23+/m0/s1/i3+1D3. The molecule has 5 N–H and O–H groups in total. The number of fused-ring (bicyclic) bond motifs is 1. The van der Waals surface area contributed by atoms with Crippen LogP contribution in [0, 0.1) is 6.92 Å². The van der Waals surface area contributed by atoms with Crippen molar-refractivity contribution in [3.8, 4) is 11.5 Å². The number of aliphatic hydroxyl groups is 3. The monoisotopic (exact) mass is 500 g/mol. The summed E-state index contributed by atoms with van der Waals surface area (Å²) in [5.74, 6) is -4.07. The number of benzene rings is 1. The van der Waals surface area contributed by atoms with Gasteiger partial charge in [-0.15, -0.1) is 0 Å². The minimum absolute atomic E-state index is 0.00538. The van der Waals surface area contributed by atoms with Gasteiger partial charge in [0.2, 0.25) is 6.29 Å². The number of carboxylic acid groups (broad SMARTS) is 2. The Balaban J connectivity index is 2.16. The van der Waals surface area contributed by atoms with Crippen molar-refractivity contribution in [3.63, 3.8) is 0 Å². The summed E-state index contributed by atoms with van der Waals surface area (Å²) in [6.45, 7) is 2.89. The lowest BCUT2D eigenvalue weighted by atomic mass is 9.94. The molecule has 12 nitrogen and oxygen atoms in total. The summed E-state index contributed by atoms with van der Waals surface area (Å²) in [7, 11) is -2.94. The number of esters is 1. The molecule has 192 valence electrons. The van der Waals surface area contributed by atoms with Crippen molar-refractivity contribution in [1.82, 2.24) is 0 Å². The van der Waals surface area contributed by atoms with Crippen LogP contribution in [0.2, 0.25) is 0 Å². The molecule has 5 atom stereocenters. The summed E-state index contributed by atoms with van der Waals surface area (Å²) in [6.07, 6.45) is -8.44. The van der Waals surface area contributed by atoms with Crippen LogP contribution in [-0.2, 0) is 32.1 Å². The summed E-state index contributed by atoms with van der Waals surface area (Å²) >= 11 is 0. The third-order valence-corrected chi connectivity index (χ3v) is 5.96. The largest absolute Gasteiger partial charge is 0.496 e. The van der Waals surface area contributed by atoms with E-state index in [1.807, 2.05) is 0 Å². The van der Waals surface area contributed by atoms with Gasteiger partial charge >= 0.3 is 17.9 Å². The van der Waals surface area contributed by atoms with Gasteiger partial charge in [0.05, 0.1) is 11.2 Å². The fourth-order valence-electron chi connectivity index (χ4n) is 3.95. The topological polar surface area (TPSA) is 189 Å². The number of methoxy groups -OCH3 is 1. The second-order valence-corrected chi connectivity index (χ2v) is 8.29. The van der Waals surface area contributed by atoms with Gasteiger partial charge in [-0.25, -0.2) is 9.59 Å². The number of rotatable bonds is 9. The zero-order valence-corrected chi connectivity index (χ0v) is 18.9. The van der Waals surface area contributed by atoms with E-state index >= 15 is 0 Å². The number of allylic oxidation sites excluding steroid dienone is 2. The third kappa shape index (κ3) is 5.25. The van der Waals surface area contributed by atoms with Crippen LogP contribution < -0.4 is 9.47 Å². The molecular weight excluding hydrogens is 469 g/mol. The molecule has 1 fully saturated rings. The minimum Gasteiger partial charge on any atom is -0.496 e. The molecule has 2 aliphatic rings. The Morgan fingerprint density at radius 1 is 1.14 bits per heavy atom. The fraction of sp³-hybridized carbons (Fsp3) is 0.522. The van der Waals surface area contributed by atoms with Gasteiger partial charge in [0.1, 0.15) is 42.0 Å². The average Bonchev–Trinajstić information content (AvgIpc) is 3.20. The van der Waals surface area contributed by atoms with E-state index in [1.165, 1.54) is 6.92 Å². The van der Waals surface area contributed by atoms with Crippen molar-refractivity contribution in [3.05, 3.63) is 33.9 Å². The zero-order chi connectivity index (χ0) is 28.5. The maximum atomic E-state index is 12.7. The summed E-state index contributed by atoms with van der Waals surface area (Å²) in [5, 5.41) is 48.9. The molecule has 0 unspecified atom stereocenters. The van der Waals surface area contributed by atoms with Crippen molar-refractivity contribution in [2.75, 3.05) is 7.04 Å². The number of cyclic esters (lactones) is 1. The zero-order valence-electron chi connectivity index (χ0n) is 21.9. The SMILES string of the molecule is [2H][13C]([2H])([2H])Oc1c(C)c2c(c(O[C@@H]3O[C@H](C(=O)O)[C@@H](O)[C@H](O)[C@H]3O)c1C/C=C(\C)CCC(=O)O)C(=O)OC2. The van der Waals surface area contributed by atoms with Gasteiger partial charge in [-0.05, 0) is 32.3 Å². The highest BCUT2D eigenvalue weighted by molar-refractivity contribution is 5.98. The highest BCUT2D eigenvalue weighted by atomic mass is 16.7. The molecule has 3 rings (SSSR count). The minimum atomic E-state index is -2.94. The van der Waals surface area contributed by atoms with Gasteiger partial charge in [-0.2, -0.15) is 0 Å². The van der Waals surface area contributed by atoms with E-state index in [9.17, 15) is 34.8 Å². The Labute approximate surface area is 204 Å². The molecule has 12 heteroatoms. The molecule has 1 aromatic carbocycles. The van der Waals surface area contributed by atoms with E-state index < -0.39 is 55.7 Å². The van der Waals surface area contributed by atoms with Crippen LogP contribution in [0.3, 0.4) is 0 Å². The number of hydrogen-bond acceptors (Lipinski definition) is 10. The number of carboxylic acids is 2. The third-order valence-electron chi connectivity index (χ3n) is 5.96. The quantitative estimate of drug-likeness (QED) is 0.177. The Morgan fingerprint density at radius 3 is 2.49 bits per heavy atom.